The molecular formula is C33H49BrN4O5S. The molecule has 1 saturated carbocycles. The van der Waals surface area contributed by atoms with Crippen LogP contribution in [0.25, 0.3) is 0 Å². The zero-order chi connectivity index (χ0) is 32.4. The number of nitrogens with zero attached hydrogens (tertiary/aromatic N) is 1. The standard InChI is InChI=1S/C33H49BrN4O5S/c1-5-7-8-13-18-26(21-34)29-27(33(37-44(29,41)42)19-14-10-15-20-33)22-38(6-2)30(39)28(36-31(40)32(3,4)35)24-43-23-25-16-11-9-12-17-25/h5,7,9,11-12,16-17,21,28,37H,6,8,10,13-15,18-20,22-24,35H2,1-4H3,(H,36,40)/b7-5-,26-21-. The first-order valence-electron chi connectivity index (χ1n) is 15.6. The number of carbonyl (C=O) groups is 2. The third-order valence-corrected chi connectivity index (χ3v) is 10.5. The molecule has 244 valence electrons. The second-order valence-corrected chi connectivity index (χ2v) is 14.3. The Bertz CT molecular complexity index is 1330. The van der Waals surface area contributed by atoms with Crippen LogP contribution >= 0.6 is 15.9 Å². The molecule has 2 amide bonds. The highest BCUT2D eigenvalue weighted by Gasteiger charge is 2.50. The van der Waals surface area contributed by atoms with Gasteiger partial charge in [-0.1, -0.05) is 77.7 Å². The van der Waals surface area contributed by atoms with E-state index in [0.717, 1.165) is 43.2 Å². The smallest absolute Gasteiger partial charge is 0.247 e. The van der Waals surface area contributed by atoms with Gasteiger partial charge < -0.3 is 20.7 Å². The molecule has 11 heteroatoms. The Morgan fingerprint density at radius 1 is 1.20 bits per heavy atom. The van der Waals surface area contributed by atoms with Gasteiger partial charge in [0.15, 0.2) is 0 Å². The number of halogens is 1. The fraction of sp³-hybridized carbons (Fsp3) is 0.576. The molecule has 1 aliphatic carbocycles. The third kappa shape index (κ3) is 9.36. The van der Waals surface area contributed by atoms with Crippen LogP contribution in [0, 0.1) is 0 Å². The molecule has 1 fully saturated rings. The Morgan fingerprint density at radius 3 is 2.48 bits per heavy atom. The number of unbranched alkanes of at least 4 members (excludes halogenated alkanes) is 1. The van der Waals surface area contributed by atoms with Crippen molar-refractivity contribution >= 4 is 37.8 Å². The average Bonchev–Trinajstić information content (AvgIpc) is 3.19. The first-order valence-corrected chi connectivity index (χ1v) is 18.0. The molecule has 1 atom stereocenters. The molecule has 1 heterocycles. The molecular weight excluding hydrogens is 644 g/mol. The zero-order valence-electron chi connectivity index (χ0n) is 26.5. The minimum absolute atomic E-state index is 0.0584. The van der Waals surface area contributed by atoms with Crippen molar-refractivity contribution in [3.8, 4) is 0 Å². The normalized spacial score (nSPS) is 19.0. The number of rotatable bonds is 15. The molecule has 9 nitrogen and oxygen atoms in total. The number of ether oxygens (including phenoxy) is 1. The SMILES string of the molecule is C/C=C\CCC/C(=C/Br)C1=C(CN(CC)C(=O)C(COCc2ccccc2)NC(=O)C(C)(C)N)C2(CCCCC2)NS1(=O)=O. The fourth-order valence-corrected chi connectivity index (χ4v) is 8.48. The van der Waals surface area contributed by atoms with E-state index in [4.69, 9.17) is 10.5 Å². The van der Waals surface area contributed by atoms with Crippen molar-refractivity contribution in [2.75, 3.05) is 19.7 Å². The summed E-state index contributed by atoms with van der Waals surface area (Å²) in [5, 5.41) is 2.80. The van der Waals surface area contributed by atoms with Gasteiger partial charge >= 0.3 is 0 Å². The van der Waals surface area contributed by atoms with Crippen LogP contribution in [0.4, 0.5) is 0 Å². The molecule has 1 unspecified atom stereocenters. The predicted molar refractivity (Wildman–Crippen MR) is 179 cm³/mol. The quantitative estimate of drug-likeness (QED) is 0.171. The van der Waals surface area contributed by atoms with Crippen LogP contribution in [0.5, 0.6) is 0 Å². The van der Waals surface area contributed by atoms with Crippen molar-refractivity contribution in [1.29, 1.82) is 0 Å². The van der Waals surface area contributed by atoms with Crippen LogP contribution in [0.2, 0.25) is 0 Å². The lowest BCUT2D eigenvalue weighted by Crippen LogP contribution is -2.58. The number of hydrogen-bond donors (Lipinski definition) is 3. The van der Waals surface area contributed by atoms with E-state index in [1.807, 2.05) is 50.3 Å². The number of nitrogens with one attached hydrogen (secondary N) is 2. The van der Waals surface area contributed by atoms with Crippen LogP contribution in [-0.2, 0) is 31.0 Å². The maximum absolute atomic E-state index is 14.2. The van der Waals surface area contributed by atoms with E-state index in [1.54, 1.807) is 23.7 Å². The van der Waals surface area contributed by atoms with E-state index >= 15 is 0 Å². The first kappa shape index (κ1) is 36.2. The summed E-state index contributed by atoms with van der Waals surface area (Å²) in [4.78, 5) is 30.7. The first-order chi connectivity index (χ1) is 20.9. The summed E-state index contributed by atoms with van der Waals surface area (Å²) in [5.41, 5.74) is 6.47. The molecule has 0 aromatic heterocycles. The molecule has 0 bridgehead atoms. The summed E-state index contributed by atoms with van der Waals surface area (Å²) in [6, 6.07) is 8.58. The number of likely N-dealkylation sites (N-methyl/N-ethyl adjacent to an activating group) is 1. The summed E-state index contributed by atoms with van der Waals surface area (Å²) in [5.74, 6) is -0.827. The van der Waals surface area contributed by atoms with Gasteiger partial charge in [-0.3, -0.25) is 9.59 Å². The predicted octanol–water partition coefficient (Wildman–Crippen LogP) is 5.19. The lowest BCUT2D eigenvalue weighted by molar-refractivity contribution is -0.139. The van der Waals surface area contributed by atoms with Crippen molar-refractivity contribution < 1.29 is 22.7 Å². The molecule has 1 aromatic rings. The Hall–Kier alpha value is -2.31. The van der Waals surface area contributed by atoms with Crippen LogP contribution in [0.1, 0.15) is 84.6 Å². The van der Waals surface area contributed by atoms with Crippen LogP contribution < -0.4 is 15.8 Å². The molecule has 4 N–H and O–H groups in total. The lowest BCUT2D eigenvalue weighted by Gasteiger charge is -2.38. The number of sulfonamides is 1. The van der Waals surface area contributed by atoms with E-state index in [-0.39, 0.29) is 30.6 Å². The highest BCUT2D eigenvalue weighted by Crippen LogP contribution is 2.45. The van der Waals surface area contributed by atoms with Gasteiger partial charge in [0.2, 0.25) is 21.8 Å². The number of hydrogen-bond acceptors (Lipinski definition) is 6. The van der Waals surface area contributed by atoms with Crippen LogP contribution in [0.15, 0.2) is 63.5 Å². The summed E-state index contributed by atoms with van der Waals surface area (Å²) < 4.78 is 36.6. The maximum Gasteiger partial charge on any atom is 0.247 e. The summed E-state index contributed by atoms with van der Waals surface area (Å²) in [7, 11) is -3.82. The van der Waals surface area contributed by atoms with Crippen molar-refractivity contribution in [2.45, 2.75) is 103 Å². The lowest BCUT2D eigenvalue weighted by atomic mass is 9.76. The van der Waals surface area contributed by atoms with Gasteiger partial charge in [-0.15, -0.1) is 0 Å². The van der Waals surface area contributed by atoms with E-state index in [2.05, 4.69) is 32.0 Å². The average molecular weight is 694 g/mol. The van der Waals surface area contributed by atoms with Gasteiger partial charge in [-0.25, -0.2) is 13.1 Å². The van der Waals surface area contributed by atoms with Crippen LogP contribution in [0.3, 0.4) is 0 Å². The Labute approximate surface area is 271 Å². The Morgan fingerprint density at radius 2 is 1.89 bits per heavy atom. The van der Waals surface area contributed by atoms with E-state index in [0.29, 0.717) is 31.4 Å². The van der Waals surface area contributed by atoms with Crippen molar-refractivity contribution in [3.05, 3.63) is 69.1 Å². The van der Waals surface area contributed by atoms with Crippen molar-refractivity contribution in [3.63, 3.8) is 0 Å². The molecule has 44 heavy (non-hydrogen) atoms. The minimum Gasteiger partial charge on any atom is -0.374 e. The number of carbonyl (C=O) groups excluding carboxylic acids is 2. The number of benzene rings is 1. The van der Waals surface area contributed by atoms with Crippen LogP contribution in [-0.4, -0.2) is 61.9 Å². The van der Waals surface area contributed by atoms with Gasteiger partial charge in [-0.2, -0.15) is 0 Å². The molecule has 0 radical (unpaired) electrons. The van der Waals surface area contributed by atoms with Gasteiger partial charge in [0.1, 0.15) is 6.04 Å². The highest BCUT2D eigenvalue weighted by atomic mass is 79.9. The van der Waals surface area contributed by atoms with Crippen molar-refractivity contribution in [1.82, 2.24) is 14.9 Å². The van der Waals surface area contributed by atoms with Gasteiger partial charge in [0.05, 0.1) is 29.2 Å². The molecule has 1 aromatic carbocycles. The molecule has 1 aliphatic heterocycles. The number of nitrogens with two attached hydrogens (primary N) is 1. The maximum atomic E-state index is 14.2. The summed E-state index contributed by atoms with van der Waals surface area (Å²) in [6.45, 7) is 7.63. The van der Waals surface area contributed by atoms with E-state index in [1.165, 1.54) is 0 Å². The van der Waals surface area contributed by atoms with Gasteiger partial charge in [-0.05, 0) is 81.5 Å². The van der Waals surface area contributed by atoms with E-state index in [9.17, 15) is 18.0 Å². The monoisotopic (exact) mass is 692 g/mol. The molecule has 1 spiro atoms. The third-order valence-electron chi connectivity index (χ3n) is 8.26. The second-order valence-electron chi connectivity index (χ2n) is 12.3. The number of amides is 2. The Kier molecular flexibility index (Phi) is 13.4. The fourth-order valence-electron chi connectivity index (χ4n) is 5.84. The molecule has 0 saturated heterocycles. The molecule has 3 rings (SSSR count). The zero-order valence-corrected chi connectivity index (χ0v) is 28.9. The topological polar surface area (TPSA) is 131 Å². The summed E-state index contributed by atoms with van der Waals surface area (Å²) >= 11 is 3.45. The summed E-state index contributed by atoms with van der Waals surface area (Å²) in [6.07, 6.45) is 10.4. The highest BCUT2D eigenvalue weighted by molar-refractivity contribution is 9.11. The second kappa shape index (κ2) is 16.3. The van der Waals surface area contributed by atoms with Gasteiger partial charge in [0, 0.05) is 13.1 Å². The Balaban J connectivity index is 1.97. The molecule has 2 aliphatic rings. The largest absolute Gasteiger partial charge is 0.374 e. The van der Waals surface area contributed by atoms with E-state index < -0.39 is 33.1 Å². The number of allylic oxidation sites excluding steroid dienone is 3. The minimum atomic E-state index is -3.82. The van der Waals surface area contributed by atoms with Gasteiger partial charge in [0.25, 0.3) is 0 Å². The van der Waals surface area contributed by atoms with Crippen molar-refractivity contribution in [2.24, 2.45) is 5.73 Å².